The third kappa shape index (κ3) is 2.78. The van der Waals surface area contributed by atoms with Crippen molar-refractivity contribution in [3.05, 3.63) is 57.8 Å². The summed E-state index contributed by atoms with van der Waals surface area (Å²) >= 11 is 3.39. The van der Waals surface area contributed by atoms with Crippen LogP contribution in [0.25, 0.3) is 0 Å². The van der Waals surface area contributed by atoms with Crippen molar-refractivity contribution in [3.63, 3.8) is 0 Å². The van der Waals surface area contributed by atoms with Gasteiger partial charge in [0.15, 0.2) is 0 Å². The molecule has 2 aromatic rings. The van der Waals surface area contributed by atoms with E-state index in [2.05, 4.69) is 15.9 Å². The van der Waals surface area contributed by atoms with Gasteiger partial charge < -0.3 is 15.2 Å². The number of rotatable bonds is 4. The average Bonchev–Trinajstić information content (AvgIpc) is 2.48. The van der Waals surface area contributed by atoms with Crippen LogP contribution in [0, 0.1) is 5.82 Å². The van der Waals surface area contributed by atoms with Crippen LogP contribution < -0.4 is 15.2 Å². The van der Waals surface area contributed by atoms with Crippen molar-refractivity contribution in [1.82, 2.24) is 0 Å². The Labute approximate surface area is 125 Å². The molecule has 2 rings (SSSR count). The van der Waals surface area contributed by atoms with E-state index in [1.165, 1.54) is 12.1 Å². The van der Waals surface area contributed by atoms with Gasteiger partial charge in [0.1, 0.15) is 17.3 Å². The third-order valence-corrected chi connectivity index (χ3v) is 3.79. The van der Waals surface area contributed by atoms with Crippen molar-refractivity contribution in [1.29, 1.82) is 0 Å². The summed E-state index contributed by atoms with van der Waals surface area (Å²) in [6.45, 7) is 0. The fourth-order valence-electron chi connectivity index (χ4n) is 2.09. The van der Waals surface area contributed by atoms with Crippen LogP contribution in [-0.2, 0) is 0 Å². The van der Waals surface area contributed by atoms with E-state index in [0.29, 0.717) is 22.6 Å². The van der Waals surface area contributed by atoms with Crippen LogP contribution >= 0.6 is 15.9 Å². The van der Waals surface area contributed by atoms with Crippen LogP contribution in [-0.4, -0.2) is 14.2 Å². The summed E-state index contributed by atoms with van der Waals surface area (Å²) in [5.74, 6) is 0.869. The molecule has 1 atom stereocenters. The first-order chi connectivity index (χ1) is 9.58. The molecular formula is C15H15BrFNO2. The van der Waals surface area contributed by atoms with Gasteiger partial charge in [-0.15, -0.1) is 0 Å². The molecule has 0 radical (unpaired) electrons. The Bertz CT molecular complexity index is 597. The summed E-state index contributed by atoms with van der Waals surface area (Å²) in [7, 11) is 3.12. The minimum absolute atomic E-state index is 0.340. The fraction of sp³-hybridized carbons (Fsp3) is 0.200. The van der Waals surface area contributed by atoms with Crippen LogP contribution in [0.1, 0.15) is 17.2 Å². The summed E-state index contributed by atoms with van der Waals surface area (Å²) in [6.07, 6.45) is 0. The van der Waals surface area contributed by atoms with Crippen LogP contribution in [0.5, 0.6) is 11.5 Å². The van der Waals surface area contributed by atoms with Crippen molar-refractivity contribution in [3.8, 4) is 11.5 Å². The second kappa shape index (κ2) is 6.24. The molecule has 0 spiro atoms. The highest BCUT2D eigenvalue weighted by atomic mass is 79.9. The second-order valence-electron chi connectivity index (χ2n) is 4.22. The normalized spacial score (nSPS) is 12.1. The lowest BCUT2D eigenvalue weighted by atomic mass is 9.97. The molecule has 0 aliphatic heterocycles. The molecule has 0 aliphatic carbocycles. The molecular weight excluding hydrogens is 325 g/mol. The minimum Gasteiger partial charge on any atom is -0.496 e. The number of benzene rings is 2. The van der Waals surface area contributed by atoms with Gasteiger partial charge in [0.05, 0.1) is 25.8 Å². The zero-order chi connectivity index (χ0) is 14.7. The first-order valence-corrected chi connectivity index (χ1v) is 6.79. The maximum absolute atomic E-state index is 13.4. The highest BCUT2D eigenvalue weighted by Crippen LogP contribution is 2.38. The number of hydrogen-bond acceptors (Lipinski definition) is 3. The van der Waals surface area contributed by atoms with E-state index in [1.54, 1.807) is 32.4 Å². The number of nitrogens with two attached hydrogens (primary N) is 1. The van der Waals surface area contributed by atoms with Gasteiger partial charge in [0.25, 0.3) is 0 Å². The monoisotopic (exact) mass is 339 g/mol. The molecule has 1 unspecified atom stereocenters. The molecule has 20 heavy (non-hydrogen) atoms. The minimum atomic E-state index is -0.564. The van der Waals surface area contributed by atoms with Crippen LogP contribution in [0.4, 0.5) is 4.39 Å². The molecule has 106 valence electrons. The second-order valence-corrected chi connectivity index (χ2v) is 5.07. The highest BCUT2D eigenvalue weighted by Gasteiger charge is 2.21. The molecule has 0 fully saturated rings. The Hall–Kier alpha value is -1.59. The van der Waals surface area contributed by atoms with Crippen LogP contribution in [0.3, 0.4) is 0 Å². The summed E-state index contributed by atoms with van der Waals surface area (Å²) in [5, 5.41) is 0. The van der Waals surface area contributed by atoms with E-state index in [0.717, 1.165) is 4.47 Å². The molecule has 0 saturated heterocycles. The van der Waals surface area contributed by atoms with Gasteiger partial charge in [-0.1, -0.05) is 22.0 Å². The number of ether oxygens (including phenoxy) is 2. The average molecular weight is 340 g/mol. The molecule has 0 bridgehead atoms. The van der Waals surface area contributed by atoms with E-state index in [4.69, 9.17) is 15.2 Å². The van der Waals surface area contributed by atoms with Gasteiger partial charge in [0, 0.05) is 4.47 Å². The smallest absolute Gasteiger partial charge is 0.127 e. The SMILES string of the molecule is COc1cccc(OC)c1C(N)c1cc(F)ccc1Br. The number of halogens is 2. The van der Waals surface area contributed by atoms with Crippen molar-refractivity contribution in [2.24, 2.45) is 5.73 Å². The fourth-order valence-corrected chi connectivity index (χ4v) is 2.59. The van der Waals surface area contributed by atoms with Crippen molar-refractivity contribution >= 4 is 15.9 Å². The van der Waals surface area contributed by atoms with Crippen molar-refractivity contribution in [2.75, 3.05) is 14.2 Å². The van der Waals surface area contributed by atoms with Gasteiger partial charge in [0.2, 0.25) is 0 Å². The Morgan fingerprint density at radius 1 is 1.10 bits per heavy atom. The topological polar surface area (TPSA) is 44.5 Å². The molecule has 0 aliphatic rings. The van der Waals surface area contributed by atoms with Gasteiger partial charge in [-0.05, 0) is 35.9 Å². The maximum Gasteiger partial charge on any atom is 0.127 e. The quantitative estimate of drug-likeness (QED) is 0.924. The third-order valence-electron chi connectivity index (χ3n) is 3.07. The number of methoxy groups -OCH3 is 2. The molecule has 0 saturated carbocycles. The summed E-state index contributed by atoms with van der Waals surface area (Å²) in [6, 6.07) is 9.25. The van der Waals surface area contributed by atoms with E-state index < -0.39 is 6.04 Å². The zero-order valence-corrected chi connectivity index (χ0v) is 12.8. The van der Waals surface area contributed by atoms with E-state index >= 15 is 0 Å². The Balaban J connectivity index is 2.58. The molecule has 0 amide bonds. The largest absolute Gasteiger partial charge is 0.496 e. The predicted molar refractivity (Wildman–Crippen MR) is 79.7 cm³/mol. The van der Waals surface area contributed by atoms with Gasteiger partial charge >= 0.3 is 0 Å². The summed E-state index contributed by atoms with van der Waals surface area (Å²) < 4.78 is 24.8. The molecule has 0 heterocycles. The van der Waals surface area contributed by atoms with Crippen molar-refractivity contribution in [2.45, 2.75) is 6.04 Å². The first-order valence-electron chi connectivity index (χ1n) is 6.00. The van der Waals surface area contributed by atoms with E-state index in [1.807, 2.05) is 6.07 Å². The Morgan fingerprint density at radius 3 is 2.25 bits per heavy atom. The van der Waals surface area contributed by atoms with Crippen LogP contribution in [0.2, 0.25) is 0 Å². The van der Waals surface area contributed by atoms with Gasteiger partial charge in [-0.3, -0.25) is 0 Å². The zero-order valence-electron chi connectivity index (χ0n) is 11.2. The van der Waals surface area contributed by atoms with E-state index in [-0.39, 0.29) is 5.82 Å². The molecule has 5 heteroatoms. The highest BCUT2D eigenvalue weighted by molar-refractivity contribution is 9.10. The standard InChI is InChI=1S/C15H15BrFNO2/c1-19-12-4-3-5-13(20-2)14(12)15(18)10-8-9(17)6-7-11(10)16/h3-8,15H,18H2,1-2H3. The molecule has 2 aromatic carbocycles. The molecule has 2 N–H and O–H groups in total. The summed E-state index contributed by atoms with van der Waals surface area (Å²) in [5.41, 5.74) is 7.60. The van der Waals surface area contributed by atoms with Crippen molar-refractivity contribution < 1.29 is 13.9 Å². The lowest BCUT2D eigenvalue weighted by molar-refractivity contribution is 0.382. The summed E-state index contributed by atoms with van der Waals surface area (Å²) in [4.78, 5) is 0. The Kier molecular flexibility index (Phi) is 4.62. The Morgan fingerprint density at radius 2 is 1.70 bits per heavy atom. The lowest BCUT2D eigenvalue weighted by Crippen LogP contribution is -2.15. The molecule has 0 aromatic heterocycles. The van der Waals surface area contributed by atoms with Crippen LogP contribution in [0.15, 0.2) is 40.9 Å². The van der Waals surface area contributed by atoms with E-state index in [9.17, 15) is 4.39 Å². The van der Waals surface area contributed by atoms with Gasteiger partial charge in [-0.2, -0.15) is 0 Å². The predicted octanol–water partition coefficient (Wildman–Crippen LogP) is 3.65. The first kappa shape index (κ1) is 14.8. The maximum atomic E-state index is 13.4. The van der Waals surface area contributed by atoms with Gasteiger partial charge in [-0.25, -0.2) is 4.39 Å². The molecule has 3 nitrogen and oxygen atoms in total. The lowest BCUT2D eigenvalue weighted by Gasteiger charge is -2.20. The number of hydrogen-bond donors (Lipinski definition) is 1.